The topological polar surface area (TPSA) is 56.5 Å². The summed E-state index contributed by atoms with van der Waals surface area (Å²) in [4.78, 5) is 14.3. The third-order valence-corrected chi connectivity index (χ3v) is 7.97. The van der Waals surface area contributed by atoms with Crippen molar-refractivity contribution < 1.29 is 0 Å². The van der Waals surface area contributed by atoms with E-state index in [1.165, 1.54) is 11.1 Å². The standard InChI is InChI=1S/C40H27N5/c1-3-10-28(11-4-1)29-18-20-30(21-19-29)36-27-37(43-40(42-36)31-12-5-2-6-13-31)32-14-9-15-33(26-32)39-35-16-7-8-17-38(35)45(44-39)34-22-24-41-25-23-34/h1-27H. The van der Waals surface area contributed by atoms with E-state index in [0.717, 1.165) is 55.9 Å². The van der Waals surface area contributed by atoms with E-state index in [1.807, 2.05) is 47.1 Å². The van der Waals surface area contributed by atoms with Gasteiger partial charge in [-0.05, 0) is 41.5 Å². The summed E-state index contributed by atoms with van der Waals surface area (Å²) in [7, 11) is 0. The third kappa shape index (κ3) is 5.17. The molecule has 0 radical (unpaired) electrons. The van der Waals surface area contributed by atoms with Crippen LogP contribution in [0.3, 0.4) is 0 Å². The fourth-order valence-corrected chi connectivity index (χ4v) is 5.71. The lowest BCUT2D eigenvalue weighted by Crippen LogP contribution is -1.97. The van der Waals surface area contributed by atoms with Crippen LogP contribution >= 0.6 is 0 Å². The second-order valence-corrected chi connectivity index (χ2v) is 10.8. The summed E-state index contributed by atoms with van der Waals surface area (Å²) in [5.41, 5.74) is 11.0. The van der Waals surface area contributed by atoms with Crippen molar-refractivity contribution in [1.82, 2.24) is 24.7 Å². The first-order valence-corrected chi connectivity index (χ1v) is 14.9. The molecule has 5 nitrogen and oxygen atoms in total. The second kappa shape index (κ2) is 11.5. The lowest BCUT2D eigenvalue weighted by Gasteiger charge is -2.11. The molecule has 0 N–H and O–H groups in total. The first-order chi connectivity index (χ1) is 22.3. The van der Waals surface area contributed by atoms with Crippen molar-refractivity contribution >= 4 is 10.9 Å². The Hall–Kier alpha value is -6.20. The van der Waals surface area contributed by atoms with Gasteiger partial charge in [0.15, 0.2) is 5.82 Å². The zero-order chi connectivity index (χ0) is 30.0. The summed E-state index contributed by atoms with van der Waals surface area (Å²) in [5, 5.41) is 6.17. The summed E-state index contributed by atoms with van der Waals surface area (Å²) < 4.78 is 1.98. The Labute approximate surface area is 261 Å². The molecule has 0 aliphatic heterocycles. The monoisotopic (exact) mass is 577 g/mol. The molecule has 5 aromatic carbocycles. The number of nitrogens with zero attached hydrogens (tertiary/aromatic N) is 5. The molecule has 0 saturated heterocycles. The maximum Gasteiger partial charge on any atom is 0.160 e. The van der Waals surface area contributed by atoms with E-state index in [1.54, 1.807) is 12.4 Å². The summed E-state index contributed by atoms with van der Waals surface area (Å²) in [5.74, 6) is 0.688. The molecule has 0 aliphatic carbocycles. The average molecular weight is 578 g/mol. The van der Waals surface area contributed by atoms with E-state index in [-0.39, 0.29) is 0 Å². The minimum Gasteiger partial charge on any atom is -0.265 e. The molecule has 5 heteroatoms. The molecule has 3 aromatic heterocycles. The molecule has 0 unspecified atom stereocenters. The van der Waals surface area contributed by atoms with Gasteiger partial charge in [-0.2, -0.15) is 5.10 Å². The SMILES string of the molecule is c1ccc(-c2ccc(-c3cc(-c4cccc(-c5nn(-c6ccncc6)c6ccccc56)c4)nc(-c4ccccc4)n3)cc2)cc1. The van der Waals surface area contributed by atoms with Gasteiger partial charge in [0.05, 0.1) is 22.6 Å². The van der Waals surface area contributed by atoms with Crippen LogP contribution in [0, 0.1) is 0 Å². The molecule has 0 spiro atoms. The zero-order valence-corrected chi connectivity index (χ0v) is 24.3. The van der Waals surface area contributed by atoms with Gasteiger partial charge >= 0.3 is 0 Å². The second-order valence-electron chi connectivity index (χ2n) is 10.8. The molecule has 212 valence electrons. The Kier molecular flexibility index (Phi) is 6.74. The van der Waals surface area contributed by atoms with Crippen LogP contribution in [0.25, 0.3) is 72.9 Å². The van der Waals surface area contributed by atoms with Crippen molar-refractivity contribution in [3.05, 3.63) is 164 Å². The van der Waals surface area contributed by atoms with E-state index < -0.39 is 0 Å². The molecule has 0 fully saturated rings. The van der Waals surface area contributed by atoms with Crippen LogP contribution in [0.5, 0.6) is 0 Å². The van der Waals surface area contributed by atoms with Crippen molar-refractivity contribution in [2.75, 3.05) is 0 Å². The van der Waals surface area contributed by atoms with E-state index in [2.05, 4.69) is 114 Å². The first kappa shape index (κ1) is 26.4. The molecule has 0 amide bonds. The lowest BCUT2D eigenvalue weighted by atomic mass is 10.0. The number of fused-ring (bicyclic) bond motifs is 1. The predicted octanol–water partition coefficient (Wildman–Crippen LogP) is 9.55. The Morgan fingerprint density at radius 3 is 1.76 bits per heavy atom. The van der Waals surface area contributed by atoms with Crippen LogP contribution < -0.4 is 0 Å². The summed E-state index contributed by atoms with van der Waals surface area (Å²) in [6.07, 6.45) is 3.58. The number of para-hydroxylation sites is 1. The predicted molar refractivity (Wildman–Crippen MR) is 182 cm³/mol. The van der Waals surface area contributed by atoms with E-state index in [0.29, 0.717) is 5.82 Å². The quantitative estimate of drug-likeness (QED) is 0.197. The zero-order valence-electron chi connectivity index (χ0n) is 24.3. The number of aromatic nitrogens is 5. The van der Waals surface area contributed by atoms with Gasteiger partial charge in [0, 0.05) is 40.0 Å². The van der Waals surface area contributed by atoms with Crippen LogP contribution in [0.2, 0.25) is 0 Å². The van der Waals surface area contributed by atoms with Gasteiger partial charge in [0.2, 0.25) is 0 Å². The maximum absolute atomic E-state index is 5.08. The highest BCUT2D eigenvalue weighted by Gasteiger charge is 2.16. The molecule has 0 aliphatic rings. The summed E-state index contributed by atoms with van der Waals surface area (Å²) in [6.45, 7) is 0. The largest absolute Gasteiger partial charge is 0.265 e. The van der Waals surface area contributed by atoms with Gasteiger partial charge in [0.1, 0.15) is 5.69 Å². The van der Waals surface area contributed by atoms with Crippen LogP contribution in [-0.2, 0) is 0 Å². The number of pyridine rings is 1. The minimum absolute atomic E-state index is 0.688. The number of benzene rings is 5. The summed E-state index contributed by atoms with van der Waals surface area (Å²) in [6, 6.07) is 51.9. The fourth-order valence-electron chi connectivity index (χ4n) is 5.71. The van der Waals surface area contributed by atoms with Crippen LogP contribution in [0.4, 0.5) is 0 Å². The minimum atomic E-state index is 0.688. The Bertz CT molecular complexity index is 2240. The van der Waals surface area contributed by atoms with Crippen molar-refractivity contribution in [1.29, 1.82) is 0 Å². The highest BCUT2D eigenvalue weighted by Crippen LogP contribution is 2.34. The van der Waals surface area contributed by atoms with Crippen molar-refractivity contribution in [2.45, 2.75) is 0 Å². The number of hydrogen-bond donors (Lipinski definition) is 0. The van der Waals surface area contributed by atoms with Gasteiger partial charge in [-0.3, -0.25) is 4.98 Å². The molecular weight excluding hydrogens is 550 g/mol. The fraction of sp³-hybridized carbons (Fsp3) is 0. The Morgan fingerprint density at radius 2 is 1.00 bits per heavy atom. The van der Waals surface area contributed by atoms with Gasteiger partial charge in [-0.15, -0.1) is 0 Å². The maximum atomic E-state index is 5.08. The van der Waals surface area contributed by atoms with Crippen LogP contribution in [0.1, 0.15) is 0 Å². The van der Waals surface area contributed by atoms with Gasteiger partial charge in [-0.1, -0.05) is 121 Å². The molecule has 0 saturated carbocycles. The molecule has 8 rings (SSSR count). The van der Waals surface area contributed by atoms with Gasteiger partial charge < -0.3 is 0 Å². The smallest absolute Gasteiger partial charge is 0.160 e. The third-order valence-electron chi connectivity index (χ3n) is 7.97. The molecule has 8 aromatic rings. The summed E-state index contributed by atoms with van der Waals surface area (Å²) >= 11 is 0. The van der Waals surface area contributed by atoms with Crippen molar-refractivity contribution in [3.63, 3.8) is 0 Å². The first-order valence-electron chi connectivity index (χ1n) is 14.9. The van der Waals surface area contributed by atoms with Gasteiger partial charge in [-0.25, -0.2) is 14.6 Å². The van der Waals surface area contributed by atoms with Crippen molar-refractivity contribution in [3.8, 4) is 62.0 Å². The van der Waals surface area contributed by atoms with Crippen LogP contribution in [0.15, 0.2) is 164 Å². The number of rotatable bonds is 6. The lowest BCUT2D eigenvalue weighted by molar-refractivity contribution is 0.911. The Balaban J connectivity index is 1.24. The molecule has 0 bridgehead atoms. The van der Waals surface area contributed by atoms with Gasteiger partial charge in [0.25, 0.3) is 0 Å². The molecular formula is C40H27N5. The van der Waals surface area contributed by atoms with Crippen molar-refractivity contribution in [2.24, 2.45) is 0 Å². The van der Waals surface area contributed by atoms with Crippen LogP contribution in [-0.4, -0.2) is 24.7 Å². The molecule has 45 heavy (non-hydrogen) atoms. The van der Waals surface area contributed by atoms with E-state index in [4.69, 9.17) is 15.1 Å². The normalized spacial score (nSPS) is 11.1. The average Bonchev–Trinajstić information content (AvgIpc) is 3.53. The van der Waals surface area contributed by atoms with E-state index in [9.17, 15) is 0 Å². The van der Waals surface area contributed by atoms with E-state index >= 15 is 0 Å². The highest BCUT2D eigenvalue weighted by atomic mass is 15.3. The highest BCUT2D eigenvalue weighted by molar-refractivity contribution is 5.95. The molecule has 3 heterocycles. The Morgan fingerprint density at radius 1 is 0.422 bits per heavy atom. The number of hydrogen-bond acceptors (Lipinski definition) is 4. The molecule has 0 atom stereocenters.